The van der Waals surface area contributed by atoms with Crippen molar-refractivity contribution in [2.75, 3.05) is 0 Å². The third-order valence-corrected chi connectivity index (χ3v) is 5.12. The molecule has 1 saturated carbocycles. The Hall–Kier alpha value is -0.990. The van der Waals surface area contributed by atoms with Crippen molar-refractivity contribution in [2.45, 2.75) is 77.1 Å². The maximum absolute atomic E-state index is 14.4. The summed E-state index contributed by atoms with van der Waals surface area (Å²) in [5.74, 6) is 0.621. The lowest BCUT2D eigenvalue weighted by atomic mass is 9.79. The van der Waals surface area contributed by atoms with Crippen LogP contribution in [-0.4, -0.2) is 12.3 Å². The summed E-state index contributed by atoms with van der Waals surface area (Å²) in [6.07, 6.45) is 1.60. The van der Waals surface area contributed by atoms with Gasteiger partial charge in [0.25, 0.3) is 0 Å². The van der Waals surface area contributed by atoms with E-state index in [1.165, 1.54) is 19.8 Å². The molecule has 0 bridgehead atoms. The van der Waals surface area contributed by atoms with E-state index in [-0.39, 0.29) is 18.2 Å². The molecule has 124 valence electrons. The summed E-state index contributed by atoms with van der Waals surface area (Å²) in [5.41, 5.74) is 1.55. The van der Waals surface area contributed by atoms with Crippen molar-refractivity contribution < 1.29 is 13.2 Å². The van der Waals surface area contributed by atoms with Gasteiger partial charge in [0.15, 0.2) is 0 Å². The Labute approximate surface area is 132 Å². The molecule has 2 rings (SSSR count). The maximum Gasteiger partial charge on any atom is 0.131 e. The molecule has 1 aliphatic carbocycles. The fourth-order valence-corrected chi connectivity index (χ4v) is 3.44. The van der Waals surface area contributed by atoms with E-state index in [1.807, 2.05) is 6.07 Å². The summed E-state index contributed by atoms with van der Waals surface area (Å²) in [4.78, 5) is 0. The van der Waals surface area contributed by atoms with Gasteiger partial charge in [0.05, 0.1) is 0 Å². The Morgan fingerprint density at radius 1 is 1.09 bits per heavy atom. The van der Waals surface area contributed by atoms with Crippen LogP contribution in [0.1, 0.15) is 75.8 Å². The maximum atomic E-state index is 14.4. The molecule has 0 aliphatic heterocycles. The highest BCUT2D eigenvalue weighted by Gasteiger charge is 2.23. The van der Waals surface area contributed by atoms with E-state index >= 15 is 0 Å². The number of halogens is 3. The molecule has 0 spiro atoms. The molecular weight excluding hydrogens is 285 g/mol. The highest BCUT2D eigenvalue weighted by Crippen LogP contribution is 2.37. The Balaban J connectivity index is 2.06. The smallest absolute Gasteiger partial charge is 0.131 e. The van der Waals surface area contributed by atoms with Crippen LogP contribution in [0.25, 0.3) is 0 Å². The molecule has 3 heteroatoms. The van der Waals surface area contributed by atoms with Gasteiger partial charge in [-0.3, -0.25) is 0 Å². The Morgan fingerprint density at radius 2 is 1.73 bits per heavy atom. The zero-order chi connectivity index (χ0) is 16.3. The van der Waals surface area contributed by atoms with Gasteiger partial charge in [-0.2, -0.15) is 0 Å². The van der Waals surface area contributed by atoms with Crippen LogP contribution < -0.4 is 0 Å². The van der Waals surface area contributed by atoms with Gasteiger partial charge in [-0.05, 0) is 61.1 Å². The standard InChI is InChI=1S/C19H27F3/c1-12-4-6-15(7-5-12)16-8-9-17(19(22)11-16)13(2)10-18(21)14(3)20/h8-9,11-15,18H,4-7,10H2,1-3H3. The molecule has 0 heterocycles. The number of benzene rings is 1. The van der Waals surface area contributed by atoms with Crippen molar-refractivity contribution in [2.24, 2.45) is 5.92 Å². The number of alkyl halides is 2. The first-order valence-electron chi connectivity index (χ1n) is 8.46. The summed E-state index contributed by atoms with van der Waals surface area (Å²) < 4.78 is 40.8. The first-order valence-corrected chi connectivity index (χ1v) is 8.46. The number of hydrogen-bond donors (Lipinski definition) is 0. The Bertz CT molecular complexity index is 476. The second-order valence-electron chi connectivity index (χ2n) is 7.07. The molecule has 1 aromatic rings. The van der Waals surface area contributed by atoms with E-state index in [0.717, 1.165) is 24.3 Å². The SMILES string of the molecule is CC1CCC(c2ccc(C(C)CC(F)C(C)F)c(F)c2)CC1. The molecule has 1 aliphatic rings. The zero-order valence-electron chi connectivity index (χ0n) is 13.8. The van der Waals surface area contributed by atoms with E-state index in [1.54, 1.807) is 19.1 Å². The summed E-state index contributed by atoms with van der Waals surface area (Å²) in [7, 11) is 0. The monoisotopic (exact) mass is 312 g/mol. The van der Waals surface area contributed by atoms with E-state index < -0.39 is 12.3 Å². The minimum absolute atomic E-state index is 0.0227. The lowest BCUT2D eigenvalue weighted by Gasteiger charge is -2.27. The summed E-state index contributed by atoms with van der Waals surface area (Å²) >= 11 is 0. The first-order chi connectivity index (χ1) is 10.4. The summed E-state index contributed by atoms with van der Waals surface area (Å²) in [6, 6.07) is 5.35. The van der Waals surface area contributed by atoms with Gasteiger partial charge in [-0.1, -0.05) is 38.8 Å². The molecular formula is C19H27F3. The van der Waals surface area contributed by atoms with Gasteiger partial charge in [-0.15, -0.1) is 0 Å². The predicted molar refractivity (Wildman–Crippen MR) is 85.3 cm³/mol. The lowest BCUT2D eigenvalue weighted by molar-refractivity contribution is 0.165. The molecule has 0 saturated heterocycles. The molecule has 3 atom stereocenters. The Kier molecular flexibility index (Phi) is 5.94. The van der Waals surface area contributed by atoms with E-state index in [4.69, 9.17) is 0 Å². The minimum atomic E-state index is -1.53. The first kappa shape index (κ1) is 17.4. The van der Waals surface area contributed by atoms with Crippen molar-refractivity contribution in [1.82, 2.24) is 0 Å². The second kappa shape index (κ2) is 7.52. The second-order valence-corrected chi connectivity index (χ2v) is 7.07. The number of rotatable bonds is 5. The quantitative estimate of drug-likeness (QED) is 0.597. The van der Waals surface area contributed by atoms with Crippen molar-refractivity contribution in [3.05, 3.63) is 35.1 Å². The van der Waals surface area contributed by atoms with Crippen LogP contribution in [0.4, 0.5) is 13.2 Å². The van der Waals surface area contributed by atoms with Crippen LogP contribution in [0.3, 0.4) is 0 Å². The van der Waals surface area contributed by atoms with E-state index in [2.05, 4.69) is 6.92 Å². The lowest BCUT2D eigenvalue weighted by Crippen LogP contribution is -2.17. The molecule has 0 radical (unpaired) electrons. The molecule has 22 heavy (non-hydrogen) atoms. The summed E-state index contributed by atoms with van der Waals surface area (Å²) in [5, 5.41) is 0. The zero-order valence-corrected chi connectivity index (χ0v) is 13.8. The third-order valence-electron chi connectivity index (χ3n) is 5.12. The van der Waals surface area contributed by atoms with Gasteiger partial charge in [0.2, 0.25) is 0 Å². The fourth-order valence-electron chi connectivity index (χ4n) is 3.44. The average Bonchev–Trinajstić information content (AvgIpc) is 2.47. The third kappa shape index (κ3) is 4.27. The van der Waals surface area contributed by atoms with Gasteiger partial charge >= 0.3 is 0 Å². The van der Waals surface area contributed by atoms with Gasteiger partial charge in [0.1, 0.15) is 18.2 Å². The minimum Gasteiger partial charge on any atom is -0.245 e. The molecule has 0 amide bonds. The van der Waals surface area contributed by atoms with E-state index in [9.17, 15) is 13.2 Å². The Morgan fingerprint density at radius 3 is 2.27 bits per heavy atom. The van der Waals surface area contributed by atoms with Crippen LogP contribution >= 0.6 is 0 Å². The highest BCUT2D eigenvalue weighted by molar-refractivity contribution is 5.29. The molecule has 3 unspecified atom stereocenters. The van der Waals surface area contributed by atoms with Crippen molar-refractivity contribution in [3.63, 3.8) is 0 Å². The molecule has 0 aromatic heterocycles. The average molecular weight is 312 g/mol. The van der Waals surface area contributed by atoms with Gasteiger partial charge < -0.3 is 0 Å². The van der Waals surface area contributed by atoms with Crippen LogP contribution in [0, 0.1) is 11.7 Å². The number of hydrogen-bond acceptors (Lipinski definition) is 0. The van der Waals surface area contributed by atoms with Gasteiger partial charge in [-0.25, -0.2) is 13.2 Å². The molecule has 0 N–H and O–H groups in total. The largest absolute Gasteiger partial charge is 0.245 e. The van der Waals surface area contributed by atoms with Crippen molar-refractivity contribution in [1.29, 1.82) is 0 Å². The van der Waals surface area contributed by atoms with Crippen LogP contribution in [0.2, 0.25) is 0 Å². The van der Waals surface area contributed by atoms with Crippen LogP contribution in [0.15, 0.2) is 18.2 Å². The molecule has 1 aromatic carbocycles. The van der Waals surface area contributed by atoms with Crippen molar-refractivity contribution in [3.8, 4) is 0 Å². The van der Waals surface area contributed by atoms with Gasteiger partial charge in [0, 0.05) is 0 Å². The molecule has 1 fully saturated rings. The van der Waals surface area contributed by atoms with Crippen LogP contribution in [0.5, 0.6) is 0 Å². The van der Waals surface area contributed by atoms with Crippen LogP contribution in [-0.2, 0) is 0 Å². The van der Waals surface area contributed by atoms with E-state index in [0.29, 0.717) is 11.5 Å². The van der Waals surface area contributed by atoms with Crippen molar-refractivity contribution >= 4 is 0 Å². The molecule has 0 nitrogen and oxygen atoms in total. The highest BCUT2D eigenvalue weighted by atomic mass is 19.2. The predicted octanol–water partition coefficient (Wildman–Crippen LogP) is 6.31. The normalized spacial score (nSPS) is 26.5. The summed E-state index contributed by atoms with van der Waals surface area (Å²) in [6.45, 7) is 5.23. The topological polar surface area (TPSA) is 0 Å². The fraction of sp³-hybridized carbons (Fsp3) is 0.684.